The minimum atomic E-state index is 0.544. The van der Waals surface area contributed by atoms with Crippen LogP contribution < -0.4 is 0 Å². The van der Waals surface area contributed by atoms with Gasteiger partial charge in [0.1, 0.15) is 0 Å². The van der Waals surface area contributed by atoms with Crippen molar-refractivity contribution in [1.82, 2.24) is 28.7 Å². The van der Waals surface area contributed by atoms with Crippen LogP contribution >= 0.6 is 0 Å². The molecule has 0 N–H and O–H groups in total. The molecule has 14 rings (SSSR count). The van der Waals surface area contributed by atoms with Crippen LogP contribution in [0.3, 0.4) is 0 Å². The van der Waals surface area contributed by atoms with Crippen LogP contribution in [0.5, 0.6) is 0 Å². The number of rotatable bonds is 7. The van der Waals surface area contributed by atoms with Gasteiger partial charge in [0.05, 0.1) is 38.8 Å². The zero-order valence-electron chi connectivity index (χ0n) is 37.3. The van der Waals surface area contributed by atoms with Crippen molar-refractivity contribution in [3.63, 3.8) is 0 Å². The Labute approximate surface area is 397 Å². The topological polar surface area (TPSA) is 53.5 Å². The molecule has 10 aromatic carbocycles. The highest BCUT2D eigenvalue weighted by molar-refractivity contribution is 6.24. The molecule has 6 heteroatoms. The lowest BCUT2D eigenvalue weighted by Gasteiger charge is -2.16. The smallest absolute Gasteiger partial charge is 0.238 e. The first-order valence-corrected chi connectivity index (χ1v) is 23.4. The Morgan fingerprint density at radius 1 is 0.261 bits per heavy atom. The third-order valence-electron chi connectivity index (χ3n) is 13.7. The average Bonchev–Trinajstić information content (AvgIpc) is 4.08. The predicted molar refractivity (Wildman–Crippen MR) is 285 cm³/mol. The lowest BCUT2D eigenvalue weighted by Crippen LogP contribution is -2.07. The molecule has 0 saturated carbocycles. The summed E-state index contributed by atoms with van der Waals surface area (Å²) in [4.78, 5) is 16.4. The number of hydrogen-bond donors (Lipinski definition) is 0. The lowest BCUT2D eigenvalue weighted by atomic mass is 9.99. The van der Waals surface area contributed by atoms with Crippen molar-refractivity contribution in [3.05, 3.63) is 243 Å². The van der Waals surface area contributed by atoms with Gasteiger partial charge in [-0.2, -0.15) is 9.97 Å². The van der Waals surface area contributed by atoms with Gasteiger partial charge in [0.15, 0.2) is 11.6 Å². The summed E-state index contributed by atoms with van der Waals surface area (Å²) in [5.41, 5.74) is 15.1. The van der Waals surface area contributed by atoms with Crippen LogP contribution in [0.4, 0.5) is 0 Å². The molecule has 0 aliphatic carbocycles. The fourth-order valence-corrected chi connectivity index (χ4v) is 10.7. The standard InChI is InChI=1S/C63H40N6/c1-4-19-41(20-5-1)42-35-37-43(38-36-42)46-25-10-14-30-53(46)68-54-31-15-11-26-47(54)49-39-40-50-48-27-12-16-32-55(48)69(60(50)59(49)68)63-65-61(44-21-6-2-7-22-44)64-62(66-63)52-29-18-34-57-58(52)51-28-13-17-33-56(51)67(57)45-23-8-3-9-24-45/h1-40H. The van der Waals surface area contributed by atoms with E-state index in [0.717, 1.165) is 93.7 Å². The van der Waals surface area contributed by atoms with E-state index < -0.39 is 0 Å². The van der Waals surface area contributed by atoms with Gasteiger partial charge >= 0.3 is 0 Å². The van der Waals surface area contributed by atoms with Crippen LogP contribution in [0.2, 0.25) is 0 Å². The number of aromatic nitrogens is 6. The van der Waals surface area contributed by atoms with Gasteiger partial charge in [-0.1, -0.05) is 200 Å². The van der Waals surface area contributed by atoms with Gasteiger partial charge in [-0.25, -0.2) is 4.98 Å². The molecular formula is C63H40N6. The molecule has 0 fully saturated rings. The number of para-hydroxylation sites is 5. The van der Waals surface area contributed by atoms with Crippen LogP contribution in [0.25, 0.3) is 128 Å². The second kappa shape index (κ2) is 15.6. The Bertz CT molecular complexity index is 4280. The second-order valence-electron chi connectivity index (χ2n) is 17.6. The molecule has 0 amide bonds. The van der Waals surface area contributed by atoms with Crippen molar-refractivity contribution >= 4 is 65.4 Å². The summed E-state index contributed by atoms with van der Waals surface area (Å²) in [5.74, 6) is 1.74. The van der Waals surface area contributed by atoms with E-state index >= 15 is 0 Å². The van der Waals surface area contributed by atoms with Gasteiger partial charge in [-0.15, -0.1) is 0 Å². The summed E-state index contributed by atoms with van der Waals surface area (Å²) < 4.78 is 7.08. The number of hydrogen-bond acceptors (Lipinski definition) is 3. The molecule has 0 unspecified atom stereocenters. The molecular weight excluding hydrogens is 841 g/mol. The SMILES string of the molecule is c1ccc(-c2ccc(-c3ccccc3-n3c4ccccc4c4ccc5c6ccccc6n(-c6nc(-c7ccccc7)nc(-c7cccc8c7c7ccccc7n8-c7ccccc7)n6)c5c43)cc2)cc1. The highest BCUT2D eigenvalue weighted by atomic mass is 15.2. The summed E-state index contributed by atoms with van der Waals surface area (Å²) in [6.45, 7) is 0. The van der Waals surface area contributed by atoms with Crippen molar-refractivity contribution in [2.75, 3.05) is 0 Å². The molecule has 0 atom stereocenters. The van der Waals surface area contributed by atoms with Gasteiger partial charge in [0.25, 0.3) is 0 Å². The van der Waals surface area contributed by atoms with E-state index in [9.17, 15) is 0 Å². The quantitative estimate of drug-likeness (QED) is 0.160. The highest BCUT2D eigenvalue weighted by Gasteiger charge is 2.25. The maximum absolute atomic E-state index is 5.59. The zero-order valence-corrected chi connectivity index (χ0v) is 37.3. The Morgan fingerprint density at radius 2 is 0.739 bits per heavy atom. The third-order valence-corrected chi connectivity index (χ3v) is 13.7. The van der Waals surface area contributed by atoms with Crippen molar-refractivity contribution < 1.29 is 0 Å². The van der Waals surface area contributed by atoms with Crippen LogP contribution in [0.15, 0.2) is 243 Å². The van der Waals surface area contributed by atoms with E-state index in [-0.39, 0.29) is 0 Å². The molecule has 0 spiro atoms. The maximum Gasteiger partial charge on any atom is 0.238 e. The Balaban J connectivity index is 1.07. The average molecular weight is 881 g/mol. The highest BCUT2D eigenvalue weighted by Crippen LogP contribution is 2.44. The van der Waals surface area contributed by atoms with E-state index in [1.807, 2.05) is 18.2 Å². The summed E-state index contributed by atoms with van der Waals surface area (Å²) in [5, 5.41) is 6.77. The number of fused-ring (bicyclic) bond motifs is 10. The first-order chi connectivity index (χ1) is 34.3. The zero-order chi connectivity index (χ0) is 45.4. The van der Waals surface area contributed by atoms with Crippen LogP contribution in [0, 0.1) is 0 Å². The van der Waals surface area contributed by atoms with E-state index in [0.29, 0.717) is 17.6 Å². The van der Waals surface area contributed by atoms with E-state index in [4.69, 9.17) is 15.0 Å². The Morgan fingerprint density at radius 3 is 1.43 bits per heavy atom. The number of benzene rings is 10. The first kappa shape index (κ1) is 38.8. The van der Waals surface area contributed by atoms with Crippen molar-refractivity contribution in [2.45, 2.75) is 0 Å². The molecule has 0 saturated heterocycles. The molecule has 4 aromatic heterocycles. The molecule has 6 nitrogen and oxygen atoms in total. The van der Waals surface area contributed by atoms with Gasteiger partial charge in [0.2, 0.25) is 5.95 Å². The summed E-state index contributed by atoms with van der Waals surface area (Å²) in [7, 11) is 0. The van der Waals surface area contributed by atoms with E-state index in [2.05, 4.69) is 238 Å². The molecule has 0 aliphatic rings. The first-order valence-electron chi connectivity index (χ1n) is 23.4. The summed E-state index contributed by atoms with van der Waals surface area (Å²) in [6.07, 6.45) is 0. The Hall–Kier alpha value is -9.39. The predicted octanol–water partition coefficient (Wildman–Crippen LogP) is 15.8. The van der Waals surface area contributed by atoms with E-state index in [1.54, 1.807) is 0 Å². The number of nitrogens with zero attached hydrogens (tertiary/aromatic N) is 6. The van der Waals surface area contributed by atoms with Gasteiger partial charge in [-0.05, 0) is 59.2 Å². The van der Waals surface area contributed by atoms with Gasteiger partial charge in [0, 0.05) is 54.7 Å². The monoisotopic (exact) mass is 880 g/mol. The summed E-state index contributed by atoms with van der Waals surface area (Å²) in [6, 6.07) is 86.2. The second-order valence-corrected chi connectivity index (χ2v) is 17.6. The van der Waals surface area contributed by atoms with Gasteiger partial charge in [-0.3, -0.25) is 4.57 Å². The van der Waals surface area contributed by atoms with E-state index in [1.165, 1.54) is 16.5 Å². The van der Waals surface area contributed by atoms with Crippen molar-refractivity contribution in [3.8, 4) is 62.4 Å². The molecule has 0 aliphatic heterocycles. The van der Waals surface area contributed by atoms with Crippen LogP contribution in [0.1, 0.15) is 0 Å². The van der Waals surface area contributed by atoms with Crippen molar-refractivity contribution in [1.29, 1.82) is 0 Å². The third kappa shape index (κ3) is 6.09. The van der Waals surface area contributed by atoms with Crippen LogP contribution in [-0.4, -0.2) is 28.7 Å². The molecule has 0 bridgehead atoms. The minimum Gasteiger partial charge on any atom is -0.309 e. The lowest BCUT2D eigenvalue weighted by molar-refractivity contribution is 0.954. The molecule has 322 valence electrons. The largest absolute Gasteiger partial charge is 0.309 e. The molecule has 4 heterocycles. The normalized spacial score (nSPS) is 11.8. The Kier molecular flexibility index (Phi) is 8.79. The fourth-order valence-electron chi connectivity index (χ4n) is 10.7. The fraction of sp³-hybridized carbons (Fsp3) is 0. The maximum atomic E-state index is 5.59. The van der Waals surface area contributed by atoms with Crippen molar-refractivity contribution in [2.24, 2.45) is 0 Å². The molecule has 0 radical (unpaired) electrons. The molecule has 69 heavy (non-hydrogen) atoms. The minimum absolute atomic E-state index is 0.544. The molecule has 14 aromatic rings. The summed E-state index contributed by atoms with van der Waals surface area (Å²) >= 11 is 0. The van der Waals surface area contributed by atoms with Gasteiger partial charge < -0.3 is 9.13 Å². The van der Waals surface area contributed by atoms with Crippen LogP contribution in [-0.2, 0) is 0 Å².